The Kier molecular flexibility index (Phi) is 3.60. The summed E-state index contributed by atoms with van der Waals surface area (Å²) in [6.45, 7) is 0.147. The fourth-order valence-corrected chi connectivity index (χ4v) is 2.07. The van der Waals surface area contributed by atoms with Crippen LogP contribution in [0.5, 0.6) is 0 Å². The van der Waals surface area contributed by atoms with Gasteiger partial charge in [0.2, 0.25) is 5.76 Å². The monoisotopic (exact) mass is 270 g/mol. The Morgan fingerprint density at radius 2 is 1.94 bits per heavy atom. The molecule has 0 bridgehead atoms. The summed E-state index contributed by atoms with van der Waals surface area (Å²) >= 11 is 0. The standard InChI is InChI=1S/C10H10N2O5S/c13-10(9-6-7-16-17-9)11-12-18(14,15)8-4-2-1-3-5-8/h1-6,12H,7H2,(H,11,13). The number of hydrogen-bond acceptors (Lipinski definition) is 5. The molecule has 0 atom stereocenters. The van der Waals surface area contributed by atoms with E-state index in [2.05, 4.69) is 9.78 Å². The minimum atomic E-state index is -3.79. The second-order valence-corrected chi connectivity index (χ2v) is 4.99. The third-order valence-corrected chi connectivity index (χ3v) is 3.33. The molecule has 18 heavy (non-hydrogen) atoms. The summed E-state index contributed by atoms with van der Waals surface area (Å²) in [6, 6.07) is 7.65. The van der Waals surface area contributed by atoms with Crippen molar-refractivity contribution >= 4 is 15.9 Å². The molecule has 1 aliphatic heterocycles. The molecule has 1 aromatic rings. The number of nitrogens with one attached hydrogen (secondary N) is 2. The molecule has 0 radical (unpaired) electrons. The Labute approximate surface area is 103 Å². The summed E-state index contributed by atoms with van der Waals surface area (Å²) in [5, 5.41) is 0. The number of rotatable bonds is 4. The van der Waals surface area contributed by atoms with Crippen molar-refractivity contribution in [1.29, 1.82) is 0 Å². The first-order valence-electron chi connectivity index (χ1n) is 4.96. The molecular weight excluding hydrogens is 260 g/mol. The van der Waals surface area contributed by atoms with Crippen molar-refractivity contribution in [3.63, 3.8) is 0 Å². The lowest BCUT2D eigenvalue weighted by molar-refractivity contribution is -0.233. The van der Waals surface area contributed by atoms with Gasteiger partial charge in [0, 0.05) is 0 Å². The van der Waals surface area contributed by atoms with Crippen LogP contribution < -0.4 is 10.3 Å². The number of sulfonamides is 1. The van der Waals surface area contributed by atoms with Crippen LogP contribution in [0.25, 0.3) is 0 Å². The van der Waals surface area contributed by atoms with Gasteiger partial charge in [-0.25, -0.2) is 8.42 Å². The van der Waals surface area contributed by atoms with E-state index in [-0.39, 0.29) is 17.3 Å². The van der Waals surface area contributed by atoms with Crippen molar-refractivity contribution in [2.75, 3.05) is 6.61 Å². The van der Waals surface area contributed by atoms with Crippen LogP contribution >= 0.6 is 0 Å². The number of hydrogen-bond donors (Lipinski definition) is 2. The zero-order valence-electron chi connectivity index (χ0n) is 9.12. The van der Waals surface area contributed by atoms with Gasteiger partial charge < -0.3 is 4.89 Å². The van der Waals surface area contributed by atoms with Gasteiger partial charge in [-0.15, -0.1) is 4.83 Å². The summed E-state index contributed by atoms with van der Waals surface area (Å²) in [5.41, 5.74) is 2.01. The molecule has 0 saturated carbocycles. The summed E-state index contributed by atoms with van der Waals surface area (Å²) in [4.78, 5) is 22.4. The maximum absolute atomic E-state index is 11.7. The van der Waals surface area contributed by atoms with E-state index in [0.717, 1.165) is 0 Å². The molecule has 96 valence electrons. The minimum absolute atomic E-state index is 0.0443. The normalized spacial score (nSPS) is 14.8. The predicted octanol–water partition coefficient (Wildman–Crippen LogP) is -0.158. The van der Waals surface area contributed by atoms with Crippen LogP contribution in [0, 0.1) is 0 Å². The largest absolute Gasteiger partial charge is 0.331 e. The summed E-state index contributed by atoms with van der Waals surface area (Å²) < 4.78 is 23.5. The van der Waals surface area contributed by atoms with Gasteiger partial charge in [-0.2, -0.15) is 4.89 Å². The van der Waals surface area contributed by atoms with E-state index in [4.69, 9.17) is 0 Å². The van der Waals surface area contributed by atoms with Gasteiger partial charge in [-0.1, -0.05) is 18.2 Å². The highest BCUT2D eigenvalue weighted by molar-refractivity contribution is 7.89. The number of carbonyl (C=O) groups is 1. The molecule has 2 rings (SSSR count). The smallest absolute Gasteiger partial charge is 0.305 e. The molecule has 1 amide bonds. The third-order valence-electron chi connectivity index (χ3n) is 2.06. The molecule has 7 nitrogen and oxygen atoms in total. The minimum Gasteiger partial charge on any atom is -0.331 e. The zero-order chi connectivity index (χ0) is 13.0. The number of carbonyl (C=O) groups excluding carboxylic acids is 1. The fourth-order valence-electron chi connectivity index (χ4n) is 1.21. The molecule has 0 aliphatic carbocycles. The molecule has 0 spiro atoms. The van der Waals surface area contributed by atoms with Gasteiger partial charge in [0.25, 0.3) is 10.0 Å². The first-order chi connectivity index (χ1) is 8.59. The van der Waals surface area contributed by atoms with Crippen molar-refractivity contribution in [2.24, 2.45) is 0 Å². The topological polar surface area (TPSA) is 93.7 Å². The van der Waals surface area contributed by atoms with E-state index in [1.165, 1.54) is 18.2 Å². The molecule has 0 saturated heterocycles. The van der Waals surface area contributed by atoms with Crippen LogP contribution in [-0.4, -0.2) is 20.9 Å². The fraction of sp³-hybridized carbons (Fsp3) is 0.100. The average molecular weight is 270 g/mol. The van der Waals surface area contributed by atoms with E-state index in [0.29, 0.717) is 0 Å². The lowest BCUT2D eigenvalue weighted by Crippen LogP contribution is -2.42. The Bertz CT molecular complexity index is 567. The molecule has 0 fully saturated rings. The highest BCUT2D eigenvalue weighted by Gasteiger charge is 2.20. The van der Waals surface area contributed by atoms with E-state index in [1.54, 1.807) is 18.2 Å². The zero-order valence-corrected chi connectivity index (χ0v) is 9.94. The quantitative estimate of drug-likeness (QED) is 0.586. The van der Waals surface area contributed by atoms with E-state index in [1.807, 2.05) is 10.3 Å². The van der Waals surface area contributed by atoms with Gasteiger partial charge >= 0.3 is 5.91 Å². The lowest BCUT2D eigenvalue weighted by atomic mass is 10.4. The first-order valence-corrected chi connectivity index (χ1v) is 6.45. The van der Waals surface area contributed by atoms with Crippen molar-refractivity contribution < 1.29 is 23.0 Å². The highest BCUT2D eigenvalue weighted by Crippen LogP contribution is 2.08. The van der Waals surface area contributed by atoms with Crippen molar-refractivity contribution in [1.82, 2.24) is 10.3 Å². The van der Waals surface area contributed by atoms with Gasteiger partial charge in [0.05, 0.1) is 4.90 Å². The van der Waals surface area contributed by atoms with Gasteiger partial charge in [0.15, 0.2) is 0 Å². The van der Waals surface area contributed by atoms with E-state index < -0.39 is 15.9 Å². The molecule has 2 N–H and O–H groups in total. The molecular formula is C10H10N2O5S. The maximum Gasteiger partial charge on any atom is 0.305 e. The molecule has 0 aromatic heterocycles. The van der Waals surface area contributed by atoms with E-state index >= 15 is 0 Å². The van der Waals surface area contributed by atoms with Crippen LogP contribution in [0.1, 0.15) is 0 Å². The van der Waals surface area contributed by atoms with Crippen LogP contribution in [0.15, 0.2) is 47.1 Å². The Balaban J connectivity index is 2.00. The first kappa shape index (κ1) is 12.6. The number of hydrazine groups is 1. The molecule has 8 heteroatoms. The molecule has 1 heterocycles. The Morgan fingerprint density at radius 1 is 1.22 bits per heavy atom. The van der Waals surface area contributed by atoms with Crippen LogP contribution in [0.3, 0.4) is 0 Å². The lowest BCUT2D eigenvalue weighted by Gasteiger charge is -2.07. The predicted molar refractivity (Wildman–Crippen MR) is 60.0 cm³/mol. The second kappa shape index (κ2) is 5.17. The van der Waals surface area contributed by atoms with Crippen molar-refractivity contribution in [3.8, 4) is 0 Å². The van der Waals surface area contributed by atoms with Gasteiger partial charge in [-0.3, -0.25) is 10.2 Å². The molecule has 0 unspecified atom stereocenters. The summed E-state index contributed by atoms with van der Waals surface area (Å²) in [5.74, 6) is -0.822. The highest BCUT2D eigenvalue weighted by atomic mass is 32.2. The molecule has 1 aromatic carbocycles. The second-order valence-electron chi connectivity index (χ2n) is 3.31. The Morgan fingerprint density at radius 3 is 2.56 bits per heavy atom. The number of benzene rings is 1. The average Bonchev–Trinajstić information content (AvgIpc) is 2.91. The van der Waals surface area contributed by atoms with Crippen LogP contribution in [0.2, 0.25) is 0 Å². The number of amides is 1. The van der Waals surface area contributed by atoms with Gasteiger partial charge in [-0.05, 0) is 18.2 Å². The van der Waals surface area contributed by atoms with Crippen LogP contribution in [0.4, 0.5) is 0 Å². The summed E-state index contributed by atoms with van der Waals surface area (Å²) in [6.07, 6.45) is 1.38. The van der Waals surface area contributed by atoms with Crippen molar-refractivity contribution in [2.45, 2.75) is 4.90 Å². The molecule has 1 aliphatic rings. The van der Waals surface area contributed by atoms with Gasteiger partial charge in [0.1, 0.15) is 6.61 Å². The van der Waals surface area contributed by atoms with E-state index in [9.17, 15) is 13.2 Å². The Hall–Kier alpha value is -1.90. The van der Waals surface area contributed by atoms with Crippen molar-refractivity contribution in [3.05, 3.63) is 42.2 Å². The summed E-state index contributed by atoms with van der Waals surface area (Å²) in [7, 11) is -3.79. The third kappa shape index (κ3) is 2.86. The SMILES string of the molecule is O=C(NNS(=O)(=O)c1ccccc1)C1=CCOO1. The van der Waals surface area contributed by atoms with Crippen LogP contribution in [-0.2, 0) is 24.6 Å². The maximum atomic E-state index is 11.7.